The molecule has 0 fully saturated rings. The summed E-state index contributed by atoms with van der Waals surface area (Å²) < 4.78 is 60.4. The third kappa shape index (κ3) is 3.09. The summed E-state index contributed by atoms with van der Waals surface area (Å²) in [5.41, 5.74) is 3.81. The molecule has 17 heavy (non-hydrogen) atoms. The number of rotatable bonds is 3. The number of nitrogens with two attached hydrogens (primary N) is 1. The highest BCUT2D eigenvalue weighted by Crippen LogP contribution is 2.31. The van der Waals surface area contributed by atoms with E-state index in [0.717, 1.165) is 0 Å². The Balaban J connectivity index is 3.35. The molecule has 1 aromatic heterocycles. The van der Waals surface area contributed by atoms with Crippen molar-refractivity contribution < 1.29 is 21.6 Å². The second-order valence-corrected chi connectivity index (χ2v) is 5.50. The van der Waals surface area contributed by atoms with E-state index in [0.29, 0.717) is 18.7 Å². The van der Waals surface area contributed by atoms with Crippen LogP contribution in [0.1, 0.15) is 19.0 Å². The summed E-state index contributed by atoms with van der Waals surface area (Å²) >= 11 is 0. The first-order valence-electron chi connectivity index (χ1n) is 4.74. The summed E-state index contributed by atoms with van der Waals surface area (Å²) in [7, 11) is -3.79. The van der Waals surface area contributed by atoms with Crippen molar-refractivity contribution in [3.8, 4) is 0 Å². The summed E-state index contributed by atoms with van der Waals surface area (Å²) in [5, 5.41) is 0. The van der Waals surface area contributed by atoms with Crippen LogP contribution in [0.2, 0.25) is 0 Å². The first kappa shape index (κ1) is 13.8. The van der Waals surface area contributed by atoms with Gasteiger partial charge >= 0.3 is 6.18 Å². The van der Waals surface area contributed by atoms with Gasteiger partial charge in [0.25, 0.3) is 0 Å². The molecule has 0 aromatic carbocycles. The van der Waals surface area contributed by atoms with Gasteiger partial charge in [-0.1, -0.05) is 6.92 Å². The highest BCUT2D eigenvalue weighted by molar-refractivity contribution is 7.91. The van der Waals surface area contributed by atoms with Crippen molar-refractivity contribution in [2.24, 2.45) is 0 Å². The van der Waals surface area contributed by atoms with Gasteiger partial charge in [-0.05, 0) is 12.5 Å². The molecule has 0 bridgehead atoms. The molecule has 8 heteroatoms. The first-order valence-corrected chi connectivity index (χ1v) is 6.39. The Kier molecular flexibility index (Phi) is 3.65. The largest absolute Gasteiger partial charge is 0.433 e. The van der Waals surface area contributed by atoms with Crippen LogP contribution in [0, 0.1) is 0 Å². The first-order chi connectivity index (χ1) is 7.68. The quantitative estimate of drug-likeness (QED) is 0.908. The van der Waals surface area contributed by atoms with Crippen molar-refractivity contribution in [2.45, 2.75) is 24.4 Å². The minimum Gasteiger partial charge on any atom is -0.396 e. The van der Waals surface area contributed by atoms with Crippen molar-refractivity contribution in [3.63, 3.8) is 0 Å². The number of hydrogen-bond acceptors (Lipinski definition) is 4. The maximum absolute atomic E-state index is 12.4. The van der Waals surface area contributed by atoms with Crippen LogP contribution in [0.15, 0.2) is 17.2 Å². The topological polar surface area (TPSA) is 73.0 Å². The van der Waals surface area contributed by atoms with Crippen LogP contribution < -0.4 is 5.73 Å². The highest BCUT2D eigenvalue weighted by Gasteiger charge is 2.34. The average molecular weight is 268 g/mol. The Morgan fingerprint density at radius 2 is 2.00 bits per heavy atom. The van der Waals surface area contributed by atoms with E-state index in [1.807, 2.05) is 0 Å². The molecule has 1 rings (SSSR count). The predicted octanol–water partition coefficient (Wildman–Crippen LogP) is 1.87. The number of nitrogen functional groups attached to an aromatic ring is 1. The molecule has 0 saturated carbocycles. The molecule has 0 saturated heterocycles. The molecule has 0 spiro atoms. The van der Waals surface area contributed by atoms with Crippen molar-refractivity contribution in [3.05, 3.63) is 18.0 Å². The molecule has 1 aromatic rings. The summed E-state index contributed by atoms with van der Waals surface area (Å²) in [4.78, 5) is 2.56. The van der Waals surface area contributed by atoms with Crippen molar-refractivity contribution in [2.75, 3.05) is 11.5 Å². The number of halogens is 3. The van der Waals surface area contributed by atoms with E-state index in [1.165, 1.54) is 0 Å². The fourth-order valence-electron chi connectivity index (χ4n) is 1.25. The molecule has 4 nitrogen and oxygen atoms in total. The summed E-state index contributed by atoms with van der Waals surface area (Å²) in [5.74, 6) is -0.251. The molecule has 0 unspecified atom stereocenters. The summed E-state index contributed by atoms with van der Waals surface area (Å²) in [6, 6.07) is 0.473. The maximum atomic E-state index is 12.4. The van der Waals surface area contributed by atoms with Gasteiger partial charge < -0.3 is 5.73 Å². The normalized spacial score (nSPS) is 12.7. The molecule has 1 heterocycles. The lowest BCUT2D eigenvalue weighted by molar-refractivity contribution is -0.141. The van der Waals surface area contributed by atoms with Crippen LogP contribution in [-0.4, -0.2) is 19.2 Å². The Morgan fingerprint density at radius 1 is 1.41 bits per heavy atom. The molecular weight excluding hydrogens is 257 g/mol. The minimum atomic E-state index is -4.69. The second kappa shape index (κ2) is 4.52. The number of anilines is 1. The smallest absolute Gasteiger partial charge is 0.396 e. The highest BCUT2D eigenvalue weighted by atomic mass is 32.2. The van der Waals surface area contributed by atoms with Crippen LogP contribution in [0.25, 0.3) is 0 Å². The maximum Gasteiger partial charge on any atom is 0.433 e. The predicted molar refractivity (Wildman–Crippen MR) is 56.0 cm³/mol. The van der Waals surface area contributed by atoms with Gasteiger partial charge in [-0.3, -0.25) is 0 Å². The third-order valence-electron chi connectivity index (χ3n) is 1.99. The lowest BCUT2D eigenvalue weighted by Crippen LogP contribution is -2.14. The standard InChI is InChI=1S/C9H11F3N2O2S/c1-2-3-17(15,16)7-4-8(9(10,11)12)14-5-6(7)13/h4-5H,2-3,13H2,1H3. The van der Waals surface area contributed by atoms with Gasteiger partial charge in [-0.15, -0.1) is 0 Å². The van der Waals surface area contributed by atoms with Crippen LogP contribution >= 0.6 is 0 Å². The van der Waals surface area contributed by atoms with Gasteiger partial charge in [-0.25, -0.2) is 13.4 Å². The molecular formula is C9H11F3N2O2S. The monoisotopic (exact) mass is 268 g/mol. The van der Waals surface area contributed by atoms with Gasteiger partial charge in [0.1, 0.15) is 5.69 Å². The number of hydrogen-bond donors (Lipinski definition) is 1. The zero-order valence-electron chi connectivity index (χ0n) is 8.95. The van der Waals surface area contributed by atoms with Gasteiger partial charge in [0.05, 0.1) is 22.5 Å². The minimum absolute atomic E-state index is 0.251. The zero-order valence-corrected chi connectivity index (χ0v) is 9.77. The molecule has 96 valence electrons. The number of alkyl halides is 3. The zero-order chi connectivity index (χ0) is 13.3. The average Bonchev–Trinajstić information content (AvgIpc) is 2.15. The van der Waals surface area contributed by atoms with Gasteiger partial charge in [-0.2, -0.15) is 13.2 Å². The molecule has 0 aliphatic rings. The van der Waals surface area contributed by atoms with Gasteiger partial charge in [0.2, 0.25) is 0 Å². The fraction of sp³-hybridized carbons (Fsp3) is 0.444. The molecule has 2 N–H and O–H groups in total. The van der Waals surface area contributed by atoms with Crippen LogP contribution in [0.4, 0.5) is 18.9 Å². The summed E-state index contributed by atoms with van der Waals surface area (Å²) in [6.07, 6.45) is -3.68. The molecule has 0 radical (unpaired) electrons. The lowest BCUT2D eigenvalue weighted by Gasteiger charge is -2.10. The molecule has 0 aliphatic heterocycles. The van der Waals surface area contributed by atoms with E-state index in [1.54, 1.807) is 6.92 Å². The lowest BCUT2D eigenvalue weighted by atomic mass is 10.3. The number of nitrogens with zero attached hydrogens (tertiary/aromatic N) is 1. The SMILES string of the molecule is CCCS(=O)(=O)c1cc(C(F)(F)F)ncc1N. The van der Waals surface area contributed by atoms with E-state index in [-0.39, 0.29) is 11.4 Å². The van der Waals surface area contributed by atoms with Crippen LogP contribution in [-0.2, 0) is 16.0 Å². The fourth-order valence-corrected chi connectivity index (χ4v) is 2.71. The number of aromatic nitrogens is 1. The van der Waals surface area contributed by atoms with E-state index >= 15 is 0 Å². The Bertz CT molecular complexity index is 511. The summed E-state index contributed by atoms with van der Waals surface area (Å²) in [6.45, 7) is 1.61. The van der Waals surface area contributed by atoms with Crippen LogP contribution in [0.3, 0.4) is 0 Å². The Labute approximate surface area is 96.6 Å². The van der Waals surface area contributed by atoms with E-state index in [9.17, 15) is 21.6 Å². The molecule has 0 amide bonds. The van der Waals surface area contributed by atoms with Crippen molar-refractivity contribution in [1.82, 2.24) is 4.98 Å². The van der Waals surface area contributed by atoms with Gasteiger partial charge in [0.15, 0.2) is 9.84 Å². The van der Waals surface area contributed by atoms with Crippen LogP contribution in [0.5, 0.6) is 0 Å². The van der Waals surface area contributed by atoms with Crippen molar-refractivity contribution >= 4 is 15.5 Å². The number of sulfone groups is 1. The van der Waals surface area contributed by atoms with Gasteiger partial charge in [0, 0.05) is 0 Å². The molecule has 0 aliphatic carbocycles. The third-order valence-corrected chi connectivity index (χ3v) is 3.96. The molecule has 0 atom stereocenters. The van der Waals surface area contributed by atoms with E-state index in [4.69, 9.17) is 5.73 Å². The Hall–Kier alpha value is -1.31. The number of pyridine rings is 1. The van der Waals surface area contributed by atoms with Crippen molar-refractivity contribution in [1.29, 1.82) is 0 Å². The van der Waals surface area contributed by atoms with E-state index in [2.05, 4.69) is 4.98 Å². The Morgan fingerprint density at radius 3 is 2.47 bits per heavy atom. The second-order valence-electron chi connectivity index (χ2n) is 3.42. The van der Waals surface area contributed by atoms with E-state index < -0.39 is 26.6 Å².